The first-order chi connectivity index (χ1) is 9.57. The van der Waals surface area contributed by atoms with E-state index in [0.29, 0.717) is 11.2 Å². The van der Waals surface area contributed by atoms with Crippen molar-refractivity contribution in [2.75, 3.05) is 0 Å². The normalized spacial score (nSPS) is 19.1. The summed E-state index contributed by atoms with van der Waals surface area (Å²) in [4.78, 5) is 17.0. The van der Waals surface area contributed by atoms with E-state index >= 15 is 0 Å². The number of ketones is 1. The smallest absolute Gasteiger partial charge is 0.166 e. The zero-order chi connectivity index (χ0) is 14.2. The quantitative estimate of drug-likeness (QED) is 0.742. The number of hydrogen-bond donors (Lipinski definition) is 0. The highest BCUT2D eigenvalue weighted by Gasteiger charge is 2.31. The average Bonchev–Trinajstić information content (AvgIpc) is 2.46. The third-order valence-electron chi connectivity index (χ3n) is 4.66. The van der Waals surface area contributed by atoms with Gasteiger partial charge in [0.2, 0.25) is 0 Å². The number of pyridine rings is 1. The number of carbonyl (C=O) groups excluding carboxylic acids is 1. The molecule has 2 heteroatoms. The highest BCUT2D eigenvalue weighted by molar-refractivity contribution is 6.08. The third-order valence-corrected chi connectivity index (χ3v) is 4.66. The van der Waals surface area contributed by atoms with Gasteiger partial charge in [0.1, 0.15) is 0 Å². The lowest BCUT2D eigenvalue weighted by Gasteiger charge is -2.33. The maximum Gasteiger partial charge on any atom is 0.166 e. The van der Waals surface area contributed by atoms with E-state index in [4.69, 9.17) is 0 Å². The number of carbonyl (C=O) groups is 1. The summed E-state index contributed by atoms with van der Waals surface area (Å²) in [5.74, 6) is 0.493. The molecule has 1 aromatic heterocycles. The van der Waals surface area contributed by atoms with Crippen molar-refractivity contribution in [1.82, 2.24) is 4.98 Å². The predicted octanol–water partition coefficient (Wildman–Crippen LogP) is 4.63. The molecule has 0 unspecified atom stereocenters. The second kappa shape index (κ2) is 5.01. The van der Waals surface area contributed by atoms with E-state index in [1.54, 1.807) is 6.20 Å². The molecule has 0 atom stereocenters. The number of benzene rings is 1. The Balaban J connectivity index is 1.90. The largest absolute Gasteiger partial charge is 0.294 e. The van der Waals surface area contributed by atoms with Gasteiger partial charge in [0.15, 0.2) is 5.78 Å². The Labute approximate surface area is 120 Å². The molecular formula is C18H21NO. The summed E-state index contributed by atoms with van der Waals surface area (Å²) in [6.45, 7) is 4.60. The third kappa shape index (κ3) is 2.47. The number of rotatable bonds is 2. The molecule has 0 amide bonds. The molecule has 104 valence electrons. The van der Waals surface area contributed by atoms with Crippen LogP contribution in [0.1, 0.15) is 49.9 Å². The van der Waals surface area contributed by atoms with Crippen LogP contribution in [0.25, 0.3) is 10.8 Å². The molecule has 0 saturated heterocycles. The van der Waals surface area contributed by atoms with Gasteiger partial charge in [-0.05, 0) is 42.6 Å². The minimum atomic E-state index is 0.189. The van der Waals surface area contributed by atoms with Crippen LogP contribution in [0.2, 0.25) is 0 Å². The van der Waals surface area contributed by atoms with Crippen molar-refractivity contribution in [3.8, 4) is 0 Å². The number of aromatic nitrogens is 1. The fourth-order valence-electron chi connectivity index (χ4n) is 3.21. The van der Waals surface area contributed by atoms with Gasteiger partial charge in [0.05, 0.1) is 0 Å². The fraction of sp³-hybridized carbons (Fsp3) is 0.444. The number of hydrogen-bond acceptors (Lipinski definition) is 2. The van der Waals surface area contributed by atoms with Crippen molar-refractivity contribution in [2.45, 2.75) is 39.5 Å². The van der Waals surface area contributed by atoms with Gasteiger partial charge in [-0.25, -0.2) is 0 Å². The lowest BCUT2D eigenvalue weighted by Crippen LogP contribution is -2.26. The van der Waals surface area contributed by atoms with Gasteiger partial charge in [-0.15, -0.1) is 0 Å². The second-order valence-electron chi connectivity index (χ2n) is 6.71. The van der Waals surface area contributed by atoms with Crippen LogP contribution in [0.3, 0.4) is 0 Å². The zero-order valence-electron chi connectivity index (χ0n) is 12.2. The zero-order valence-corrected chi connectivity index (χ0v) is 12.2. The molecule has 1 aliphatic rings. The molecule has 0 spiro atoms. The van der Waals surface area contributed by atoms with Crippen LogP contribution in [-0.2, 0) is 0 Å². The Morgan fingerprint density at radius 2 is 1.95 bits per heavy atom. The summed E-state index contributed by atoms with van der Waals surface area (Å²) >= 11 is 0. The van der Waals surface area contributed by atoms with Crippen molar-refractivity contribution in [1.29, 1.82) is 0 Å². The Hall–Kier alpha value is -1.70. The Morgan fingerprint density at radius 3 is 2.70 bits per heavy atom. The minimum absolute atomic E-state index is 0.189. The van der Waals surface area contributed by atoms with Crippen molar-refractivity contribution in [3.63, 3.8) is 0 Å². The molecular weight excluding hydrogens is 246 g/mol. The van der Waals surface area contributed by atoms with Gasteiger partial charge in [0.25, 0.3) is 0 Å². The molecule has 2 nitrogen and oxygen atoms in total. The summed E-state index contributed by atoms with van der Waals surface area (Å²) in [5, 5.41) is 2.09. The number of Topliss-reactive ketones (excluding diaryl/α,β-unsaturated/α-hetero) is 1. The van der Waals surface area contributed by atoms with E-state index in [9.17, 15) is 4.79 Å². The summed E-state index contributed by atoms with van der Waals surface area (Å²) in [6, 6.07) is 7.93. The maximum atomic E-state index is 12.8. The number of nitrogens with zero attached hydrogens (tertiary/aromatic N) is 1. The SMILES string of the molecule is CC1(C)CCC(C(=O)c2cccc3ccncc23)CC1. The molecule has 20 heavy (non-hydrogen) atoms. The van der Waals surface area contributed by atoms with Crippen molar-refractivity contribution in [3.05, 3.63) is 42.2 Å². The second-order valence-corrected chi connectivity index (χ2v) is 6.71. The molecule has 1 heterocycles. The van der Waals surface area contributed by atoms with Crippen LogP contribution < -0.4 is 0 Å². The summed E-state index contributed by atoms with van der Waals surface area (Å²) < 4.78 is 0. The molecule has 0 radical (unpaired) electrons. The topological polar surface area (TPSA) is 30.0 Å². The molecule has 0 N–H and O–H groups in total. The van der Waals surface area contributed by atoms with Crippen molar-refractivity contribution in [2.24, 2.45) is 11.3 Å². The van der Waals surface area contributed by atoms with Crippen LogP contribution in [0, 0.1) is 11.3 Å². The molecule has 2 aromatic rings. The Morgan fingerprint density at radius 1 is 1.20 bits per heavy atom. The first kappa shape index (κ1) is 13.3. The Kier molecular flexibility index (Phi) is 3.33. The lowest BCUT2D eigenvalue weighted by atomic mass is 9.71. The van der Waals surface area contributed by atoms with Gasteiger partial charge in [0, 0.05) is 29.3 Å². The summed E-state index contributed by atoms with van der Waals surface area (Å²) in [7, 11) is 0. The van der Waals surface area contributed by atoms with Gasteiger partial charge in [-0.3, -0.25) is 9.78 Å². The van der Waals surface area contributed by atoms with E-state index in [1.165, 1.54) is 0 Å². The van der Waals surface area contributed by atoms with Crippen molar-refractivity contribution >= 4 is 16.6 Å². The van der Waals surface area contributed by atoms with E-state index in [0.717, 1.165) is 42.0 Å². The van der Waals surface area contributed by atoms with Gasteiger partial charge in [-0.1, -0.05) is 32.0 Å². The van der Waals surface area contributed by atoms with Crippen molar-refractivity contribution < 1.29 is 4.79 Å². The standard InChI is InChI=1S/C18H21NO/c1-18(2)9-6-14(7-10-18)17(20)15-5-3-4-13-8-11-19-12-16(13)15/h3-5,8,11-12,14H,6-7,9-10H2,1-2H3. The van der Waals surface area contributed by atoms with E-state index in [-0.39, 0.29) is 5.92 Å². The highest BCUT2D eigenvalue weighted by Crippen LogP contribution is 2.39. The first-order valence-corrected chi connectivity index (χ1v) is 7.44. The average molecular weight is 267 g/mol. The van der Waals surface area contributed by atoms with E-state index in [1.807, 2.05) is 30.5 Å². The van der Waals surface area contributed by atoms with E-state index in [2.05, 4.69) is 18.8 Å². The predicted molar refractivity (Wildman–Crippen MR) is 81.8 cm³/mol. The molecule has 1 aromatic carbocycles. The fourth-order valence-corrected chi connectivity index (χ4v) is 3.21. The molecule has 0 bridgehead atoms. The van der Waals surface area contributed by atoms with Gasteiger partial charge >= 0.3 is 0 Å². The van der Waals surface area contributed by atoms with Gasteiger partial charge in [-0.2, -0.15) is 0 Å². The van der Waals surface area contributed by atoms with Crippen LogP contribution in [0.15, 0.2) is 36.7 Å². The lowest BCUT2D eigenvalue weighted by molar-refractivity contribution is 0.0840. The first-order valence-electron chi connectivity index (χ1n) is 7.44. The van der Waals surface area contributed by atoms with Crippen LogP contribution in [-0.4, -0.2) is 10.8 Å². The molecule has 1 fully saturated rings. The minimum Gasteiger partial charge on any atom is -0.294 e. The van der Waals surface area contributed by atoms with Crippen LogP contribution in [0.4, 0.5) is 0 Å². The van der Waals surface area contributed by atoms with E-state index < -0.39 is 0 Å². The molecule has 1 aliphatic carbocycles. The summed E-state index contributed by atoms with van der Waals surface area (Å²) in [6.07, 6.45) is 7.92. The number of fused-ring (bicyclic) bond motifs is 1. The monoisotopic (exact) mass is 267 g/mol. The van der Waals surface area contributed by atoms with Crippen LogP contribution >= 0.6 is 0 Å². The van der Waals surface area contributed by atoms with Gasteiger partial charge < -0.3 is 0 Å². The van der Waals surface area contributed by atoms with Crippen LogP contribution in [0.5, 0.6) is 0 Å². The maximum absolute atomic E-state index is 12.8. The highest BCUT2D eigenvalue weighted by atomic mass is 16.1. The summed E-state index contributed by atoms with van der Waals surface area (Å²) in [5.41, 5.74) is 1.25. The molecule has 3 rings (SSSR count). The Bertz CT molecular complexity index is 629. The molecule has 0 aliphatic heterocycles. The molecule has 1 saturated carbocycles.